The van der Waals surface area contributed by atoms with E-state index in [0.717, 1.165) is 49.2 Å². The number of ether oxygens (including phenoxy) is 2. The molecule has 1 aliphatic carbocycles. The van der Waals surface area contributed by atoms with Gasteiger partial charge in [-0.15, -0.1) is 11.3 Å². The number of methoxy groups -OCH3 is 1. The van der Waals surface area contributed by atoms with Gasteiger partial charge in [-0.05, 0) is 61.8 Å². The summed E-state index contributed by atoms with van der Waals surface area (Å²) in [5, 5.41) is 2.08. The quantitative estimate of drug-likeness (QED) is 0.737. The lowest BCUT2D eigenvalue weighted by Gasteiger charge is -2.26. The van der Waals surface area contributed by atoms with Crippen LogP contribution in [0.4, 0.5) is 0 Å². The van der Waals surface area contributed by atoms with Crippen LogP contribution in [0.25, 0.3) is 0 Å². The summed E-state index contributed by atoms with van der Waals surface area (Å²) in [5.41, 5.74) is 3.29. The molecule has 0 spiro atoms. The van der Waals surface area contributed by atoms with E-state index >= 15 is 0 Å². The Morgan fingerprint density at radius 1 is 1.30 bits per heavy atom. The Labute approximate surface area is 165 Å². The number of hydrogen-bond acceptors (Lipinski definition) is 4. The van der Waals surface area contributed by atoms with Crippen molar-refractivity contribution in [2.45, 2.75) is 51.2 Å². The molecular formula is C22H27NO3S. The van der Waals surface area contributed by atoms with E-state index in [-0.39, 0.29) is 12.0 Å². The molecule has 1 saturated heterocycles. The zero-order valence-electron chi connectivity index (χ0n) is 15.9. The third kappa shape index (κ3) is 4.19. The van der Waals surface area contributed by atoms with E-state index in [1.54, 1.807) is 18.4 Å². The highest BCUT2D eigenvalue weighted by molar-refractivity contribution is 7.10. The fourth-order valence-electron chi connectivity index (χ4n) is 4.09. The van der Waals surface area contributed by atoms with Crippen molar-refractivity contribution in [3.63, 3.8) is 0 Å². The van der Waals surface area contributed by atoms with Gasteiger partial charge in [0.2, 0.25) is 0 Å². The van der Waals surface area contributed by atoms with Crippen molar-refractivity contribution in [3.8, 4) is 5.75 Å². The van der Waals surface area contributed by atoms with E-state index in [1.807, 2.05) is 23.1 Å². The number of benzene rings is 1. The number of carbonyl (C=O) groups is 1. The first kappa shape index (κ1) is 18.5. The SMILES string of the molecule is COc1cccc(CN(C[C@@H]2CCCO2)C(=O)c2csc3c2CCCC3)c1. The second-order valence-corrected chi connectivity index (χ2v) is 8.39. The third-order valence-electron chi connectivity index (χ3n) is 5.53. The number of thiophene rings is 1. The first-order valence-electron chi connectivity index (χ1n) is 9.87. The van der Waals surface area contributed by atoms with Crippen LogP contribution in [0.3, 0.4) is 0 Å². The number of nitrogens with zero attached hydrogens (tertiary/aromatic N) is 1. The van der Waals surface area contributed by atoms with Crippen LogP contribution in [-0.2, 0) is 24.1 Å². The zero-order chi connectivity index (χ0) is 18.6. The number of rotatable bonds is 6. The molecule has 1 amide bonds. The van der Waals surface area contributed by atoms with E-state index in [0.29, 0.717) is 13.1 Å². The summed E-state index contributed by atoms with van der Waals surface area (Å²) >= 11 is 1.75. The Balaban J connectivity index is 1.58. The fraction of sp³-hybridized carbons (Fsp3) is 0.500. The van der Waals surface area contributed by atoms with Crippen LogP contribution in [0.15, 0.2) is 29.6 Å². The molecule has 5 heteroatoms. The Kier molecular flexibility index (Phi) is 5.79. The molecular weight excluding hydrogens is 358 g/mol. The largest absolute Gasteiger partial charge is 0.497 e. The van der Waals surface area contributed by atoms with Gasteiger partial charge in [-0.2, -0.15) is 0 Å². The summed E-state index contributed by atoms with van der Waals surface area (Å²) < 4.78 is 11.2. The van der Waals surface area contributed by atoms with Crippen molar-refractivity contribution >= 4 is 17.2 Å². The number of aryl methyl sites for hydroxylation is 1. The van der Waals surface area contributed by atoms with Gasteiger partial charge in [-0.1, -0.05) is 12.1 Å². The Hall–Kier alpha value is -1.85. The summed E-state index contributed by atoms with van der Waals surface area (Å²) in [7, 11) is 1.67. The van der Waals surface area contributed by atoms with E-state index in [2.05, 4.69) is 11.4 Å². The van der Waals surface area contributed by atoms with Gasteiger partial charge in [0.15, 0.2) is 0 Å². The second-order valence-electron chi connectivity index (χ2n) is 7.43. The molecule has 0 N–H and O–H groups in total. The van der Waals surface area contributed by atoms with Crippen molar-refractivity contribution in [2.75, 3.05) is 20.3 Å². The van der Waals surface area contributed by atoms with Crippen LogP contribution in [0.5, 0.6) is 5.75 Å². The maximum absolute atomic E-state index is 13.5. The highest BCUT2D eigenvalue weighted by atomic mass is 32.1. The van der Waals surface area contributed by atoms with Gasteiger partial charge in [-0.3, -0.25) is 4.79 Å². The van der Waals surface area contributed by atoms with Gasteiger partial charge in [0, 0.05) is 30.0 Å². The molecule has 2 aliphatic rings. The number of amides is 1. The molecule has 0 unspecified atom stereocenters. The molecule has 1 aliphatic heterocycles. The molecule has 2 heterocycles. The topological polar surface area (TPSA) is 38.8 Å². The molecule has 0 saturated carbocycles. The summed E-state index contributed by atoms with van der Waals surface area (Å²) in [4.78, 5) is 16.8. The minimum absolute atomic E-state index is 0.146. The van der Waals surface area contributed by atoms with Crippen LogP contribution in [-0.4, -0.2) is 37.2 Å². The van der Waals surface area contributed by atoms with Crippen LogP contribution < -0.4 is 4.74 Å². The summed E-state index contributed by atoms with van der Waals surface area (Å²) in [6.07, 6.45) is 6.84. The minimum Gasteiger partial charge on any atom is -0.497 e. The lowest BCUT2D eigenvalue weighted by molar-refractivity contribution is 0.0506. The summed E-state index contributed by atoms with van der Waals surface area (Å²) in [6, 6.07) is 7.99. The minimum atomic E-state index is 0.146. The average molecular weight is 386 g/mol. The fourth-order valence-corrected chi connectivity index (χ4v) is 5.21. The van der Waals surface area contributed by atoms with E-state index < -0.39 is 0 Å². The normalized spacial score (nSPS) is 18.9. The highest BCUT2D eigenvalue weighted by Gasteiger charge is 2.27. The lowest BCUT2D eigenvalue weighted by atomic mass is 9.95. The number of fused-ring (bicyclic) bond motifs is 1. The van der Waals surface area contributed by atoms with Gasteiger partial charge < -0.3 is 14.4 Å². The predicted molar refractivity (Wildman–Crippen MR) is 108 cm³/mol. The van der Waals surface area contributed by atoms with Crippen LogP contribution in [0, 0.1) is 0 Å². The molecule has 0 bridgehead atoms. The average Bonchev–Trinajstić information content (AvgIpc) is 3.37. The first-order valence-corrected chi connectivity index (χ1v) is 10.8. The molecule has 1 atom stereocenters. The molecule has 27 heavy (non-hydrogen) atoms. The van der Waals surface area contributed by atoms with E-state index in [4.69, 9.17) is 9.47 Å². The van der Waals surface area contributed by atoms with Crippen LogP contribution in [0.1, 0.15) is 52.0 Å². The zero-order valence-corrected chi connectivity index (χ0v) is 16.7. The third-order valence-corrected chi connectivity index (χ3v) is 6.62. The van der Waals surface area contributed by atoms with Crippen molar-refractivity contribution in [1.82, 2.24) is 4.90 Å². The number of carbonyl (C=O) groups excluding carboxylic acids is 1. The second kappa shape index (κ2) is 8.44. The summed E-state index contributed by atoms with van der Waals surface area (Å²) in [6.45, 7) is 2.04. The van der Waals surface area contributed by atoms with Gasteiger partial charge in [0.1, 0.15) is 5.75 Å². The molecule has 4 rings (SSSR count). The van der Waals surface area contributed by atoms with E-state index in [9.17, 15) is 4.79 Å². The van der Waals surface area contributed by atoms with Gasteiger partial charge >= 0.3 is 0 Å². The van der Waals surface area contributed by atoms with Crippen molar-refractivity contribution < 1.29 is 14.3 Å². The van der Waals surface area contributed by atoms with Crippen molar-refractivity contribution in [1.29, 1.82) is 0 Å². The van der Waals surface area contributed by atoms with Gasteiger partial charge in [0.05, 0.1) is 18.8 Å². The predicted octanol–water partition coefficient (Wildman–Crippen LogP) is 4.46. The monoisotopic (exact) mass is 385 g/mol. The van der Waals surface area contributed by atoms with Gasteiger partial charge in [0.25, 0.3) is 5.91 Å². The molecule has 1 fully saturated rings. The van der Waals surface area contributed by atoms with E-state index in [1.165, 1.54) is 23.3 Å². The standard InChI is InChI=1S/C22H27NO3S/c1-25-17-7-4-6-16(12-17)13-23(14-18-8-5-11-26-18)22(24)20-15-27-21-10-3-2-9-19(20)21/h4,6-7,12,15,18H,2-3,5,8-11,13-14H2,1H3/t18-/m0/s1. The highest BCUT2D eigenvalue weighted by Crippen LogP contribution is 2.31. The van der Waals surface area contributed by atoms with Crippen LogP contribution in [0.2, 0.25) is 0 Å². The van der Waals surface area contributed by atoms with Crippen molar-refractivity contribution in [3.05, 3.63) is 51.2 Å². The molecule has 4 nitrogen and oxygen atoms in total. The maximum Gasteiger partial charge on any atom is 0.255 e. The Morgan fingerprint density at radius 2 is 2.19 bits per heavy atom. The molecule has 1 aromatic carbocycles. The first-order chi connectivity index (χ1) is 13.2. The maximum atomic E-state index is 13.5. The molecule has 2 aromatic rings. The molecule has 0 radical (unpaired) electrons. The molecule has 144 valence electrons. The smallest absolute Gasteiger partial charge is 0.255 e. The number of hydrogen-bond donors (Lipinski definition) is 0. The molecule has 1 aromatic heterocycles. The van der Waals surface area contributed by atoms with Crippen LogP contribution >= 0.6 is 11.3 Å². The van der Waals surface area contributed by atoms with Gasteiger partial charge in [-0.25, -0.2) is 0 Å². The van der Waals surface area contributed by atoms with Crippen molar-refractivity contribution in [2.24, 2.45) is 0 Å². The summed E-state index contributed by atoms with van der Waals surface area (Å²) in [5.74, 6) is 0.970. The Morgan fingerprint density at radius 3 is 3.00 bits per heavy atom. The lowest BCUT2D eigenvalue weighted by Crippen LogP contribution is -2.37. The Bertz CT molecular complexity index is 795.